The molecule has 0 amide bonds. The smallest absolute Gasteiger partial charge is 0.353 e. The van der Waals surface area contributed by atoms with E-state index in [-0.39, 0.29) is 37.7 Å². The highest BCUT2D eigenvalue weighted by molar-refractivity contribution is 7.19. The van der Waals surface area contributed by atoms with Gasteiger partial charge in [0.1, 0.15) is 24.6 Å². The van der Waals surface area contributed by atoms with E-state index in [4.69, 9.17) is 39.3 Å². The van der Waals surface area contributed by atoms with Crippen LogP contribution in [0.1, 0.15) is 15.3 Å². The van der Waals surface area contributed by atoms with E-state index < -0.39 is 22.1 Å². The Hall–Kier alpha value is -3.24. The van der Waals surface area contributed by atoms with Crippen molar-refractivity contribution in [3.63, 3.8) is 0 Å². The molecule has 0 saturated heterocycles. The Labute approximate surface area is 254 Å². The van der Waals surface area contributed by atoms with Crippen LogP contribution in [0.15, 0.2) is 53.3 Å². The van der Waals surface area contributed by atoms with Crippen LogP contribution in [0, 0.1) is 0 Å². The topological polar surface area (TPSA) is 89.6 Å². The molecule has 218 valence electrons. The van der Waals surface area contributed by atoms with Crippen LogP contribution in [0.4, 0.5) is 32.3 Å². The fraction of sp³-hybridized carbons (Fsp3) is 0.125. The first-order valence-corrected chi connectivity index (χ1v) is 14.0. The highest BCUT2D eigenvalue weighted by atomic mass is 35.5. The second-order valence-corrected chi connectivity index (χ2v) is 11.4. The minimum atomic E-state index is -4.43. The van der Waals surface area contributed by atoms with Gasteiger partial charge in [-0.15, -0.1) is 22.7 Å². The lowest BCUT2D eigenvalue weighted by Crippen LogP contribution is -2.03. The molecule has 5 heterocycles. The zero-order chi connectivity index (χ0) is 30.2. The summed E-state index contributed by atoms with van der Waals surface area (Å²) in [5.74, 6) is 0.593. The molecule has 0 aliphatic carbocycles. The third kappa shape index (κ3) is 6.86. The monoisotopic (exact) mass is 682 g/mol. The number of fused-ring (bicyclic) bond motifs is 2. The van der Waals surface area contributed by atoms with Crippen molar-refractivity contribution >= 4 is 83.9 Å². The van der Waals surface area contributed by atoms with Gasteiger partial charge in [0.2, 0.25) is 17.5 Å². The van der Waals surface area contributed by atoms with Crippen LogP contribution in [0.25, 0.3) is 32.0 Å². The number of nitrogens with zero attached hydrogens (tertiary/aromatic N) is 5. The van der Waals surface area contributed by atoms with Gasteiger partial charge < -0.3 is 9.84 Å². The van der Waals surface area contributed by atoms with E-state index in [1.54, 1.807) is 18.2 Å². The molecule has 1 N–H and O–H groups in total. The van der Waals surface area contributed by atoms with Crippen molar-refractivity contribution in [3.8, 4) is 11.6 Å². The van der Waals surface area contributed by atoms with Gasteiger partial charge in [0.25, 0.3) is 0 Å². The van der Waals surface area contributed by atoms with Crippen LogP contribution in [0.5, 0.6) is 0 Å². The molecule has 0 aliphatic rings. The molecule has 0 saturated carbocycles. The number of alkyl halides is 6. The molecule has 6 aromatic rings. The minimum absolute atomic E-state index is 0.0526. The van der Waals surface area contributed by atoms with Crippen molar-refractivity contribution < 1.29 is 30.9 Å². The van der Waals surface area contributed by atoms with Crippen LogP contribution in [0.3, 0.4) is 0 Å². The highest BCUT2D eigenvalue weighted by Gasteiger charge is 2.34. The summed E-state index contributed by atoms with van der Waals surface area (Å²) >= 11 is 18.7. The number of benzene rings is 1. The molecule has 1 aromatic carbocycles. The molecule has 42 heavy (non-hydrogen) atoms. The summed E-state index contributed by atoms with van der Waals surface area (Å²) in [7, 11) is 0. The quantitative estimate of drug-likeness (QED) is 0.146. The van der Waals surface area contributed by atoms with E-state index in [1.165, 1.54) is 18.5 Å². The highest BCUT2D eigenvalue weighted by Crippen LogP contribution is 2.40. The number of halogens is 9. The van der Waals surface area contributed by atoms with Crippen LogP contribution in [-0.2, 0) is 18.9 Å². The number of hydrogen-bond acceptors (Lipinski definition) is 9. The fourth-order valence-electron chi connectivity index (χ4n) is 3.35. The molecule has 0 atom stereocenters. The van der Waals surface area contributed by atoms with Crippen molar-refractivity contribution in [1.82, 2.24) is 25.1 Å². The molecule has 7 nitrogen and oxygen atoms in total. The third-order valence-corrected chi connectivity index (χ3v) is 8.46. The summed E-state index contributed by atoms with van der Waals surface area (Å²) in [6.07, 6.45) is -6.06. The molecule has 18 heteroatoms. The van der Waals surface area contributed by atoms with Gasteiger partial charge >= 0.3 is 12.4 Å². The second-order valence-electron chi connectivity index (χ2n) is 8.21. The molecular formula is C24H11Cl3F6N6OS2. The number of thiophene rings is 2. The summed E-state index contributed by atoms with van der Waals surface area (Å²) in [6.45, 7) is 0.375. The van der Waals surface area contributed by atoms with E-state index >= 15 is 0 Å². The SMILES string of the molecule is FC(F)(F)c1cc2c(Cl)nc(-c3ccno3)nc2s1.FC(F)(F)c1cc2cnc(NCc3ccc(Cl)c(Cl)c3)nc2s1. The average Bonchev–Trinajstić information content (AvgIpc) is 3.68. The van der Waals surface area contributed by atoms with E-state index in [2.05, 4.69) is 30.4 Å². The predicted molar refractivity (Wildman–Crippen MR) is 149 cm³/mol. The maximum Gasteiger partial charge on any atom is 0.425 e. The van der Waals surface area contributed by atoms with E-state index in [0.29, 0.717) is 44.6 Å². The molecule has 0 fully saturated rings. The van der Waals surface area contributed by atoms with Gasteiger partial charge in [-0.3, -0.25) is 0 Å². The van der Waals surface area contributed by atoms with Gasteiger partial charge in [-0.2, -0.15) is 26.3 Å². The fourth-order valence-corrected chi connectivity index (χ4v) is 5.73. The average molecular weight is 684 g/mol. The Morgan fingerprint density at radius 3 is 2.19 bits per heavy atom. The number of anilines is 1. The molecule has 0 unspecified atom stereocenters. The Morgan fingerprint density at radius 2 is 1.52 bits per heavy atom. The summed E-state index contributed by atoms with van der Waals surface area (Å²) < 4.78 is 80.8. The van der Waals surface area contributed by atoms with Crippen molar-refractivity contribution in [3.05, 3.63) is 79.3 Å². The van der Waals surface area contributed by atoms with Crippen molar-refractivity contribution in [1.29, 1.82) is 0 Å². The number of aromatic nitrogens is 5. The molecule has 0 bridgehead atoms. The number of nitrogens with one attached hydrogen (secondary N) is 1. The normalized spacial score (nSPS) is 12.0. The maximum atomic E-state index is 12.7. The van der Waals surface area contributed by atoms with Gasteiger partial charge in [-0.05, 0) is 29.8 Å². The van der Waals surface area contributed by atoms with Crippen LogP contribution in [0.2, 0.25) is 15.2 Å². The molecule has 6 rings (SSSR count). The Kier molecular flexibility index (Phi) is 8.49. The second kappa shape index (κ2) is 11.8. The molecule has 0 spiro atoms. The lowest BCUT2D eigenvalue weighted by Gasteiger charge is -2.05. The summed E-state index contributed by atoms with van der Waals surface area (Å²) in [5, 5.41) is 7.78. The zero-order valence-electron chi connectivity index (χ0n) is 20.2. The van der Waals surface area contributed by atoms with Gasteiger partial charge in [0.05, 0.1) is 16.2 Å². The van der Waals surface area contributed by atoms with E-state index in [9.17, 15) is 26.3 Å². The number of rotatable bonds is 4. The first-order chi connectivity index (χ1) is 19.8. The Balaban J connectivity index is 0.000000171. The standard InChI is InChI=1S/C14H8Cl2F3N3S.C10H3ClF3N3OS/c15-9-2-1-7(3-10(9)16)5-20-13-21-6-8-4-11(14(17,18)19)23-12(8)22-13;11-7-4-3-6(10(12,13)14)19-9(4)17-8(16-7)5-1-2-15-18-5/h1-4,6H,5H2,(H,20,21,22);1-3H. The predicted octanol–water partition coefficient (Wildman–Crippen LogP) is 9.65. The maximum absolute atomic E-state index is 12.7. The summed E-state index contributed by atoms with van der Waals surface area (Å²) in [5.41, 5.74) is 0.852. The molecule has 0 aliphatic heterocycles. The lowest BCUT2D eigenvalue weighted by molar-refractivity contribution is -0.135. The first-order valence-electron chi connectivity index (χ1n) is 11.2. The number of hydrogen-bond donors (Lipinski definition) is 1. The van der Waals surface area contributed by atoms with Gasteiger partial charge in [-0.1, -0.05) is 46.0 Å². The van der Waals surface area contributed by atoms with Gasteiger partial charge in [0.15, 0.2) is 0 Å². The summed E-state index contributed by atoms with van der Waals surface area (Å²) in [4.78, 5) is 15.0. The van der Waals surface area contributed by atoms with Crippen LogP contribution in [-0.4, -0.2) is 25.1 Å². The van der Waals surface area contributed by atoms with Gasteiger partial charge in [0, 0.05) is 29.6 Å². The van der Waals surface area contributed by atoms with Gasteiger partial charge in [-0.25, -0.2) is 19.9 Å². The largest absolute Gasteiger partial charge is 0.425 e. The van der Waals surface area contributed by atoms with Crippen molar-refractivity contribution in [2.75, 3.05) is 5.32 Å². The summed E-state index contributed by atoms with van der Waals surface area (Å²) in [6, 6.07) is 8.62. The lowest BCUT2D eigenvalue weighted by atomic mass is 10.2. The molecular weight excluding hydrogens is 673 g/mol. The molecule has 0 radical (unpaired) electrons. The zero-order valence-corrected chi connectivity index (χ0v) is 24.1. The van der Waals surface area contributed by atoms with Crippen molar-refractivity contribution in [2.24, 2.45) is 0 Å². The Morgan fingerprint density at radius 1 is 0.810 bits per heavy atom. The Bertz CT molecular complexity index is 1880. The van der Waals surface area contributed by atoms with E-state index in [0.717, 1.165) is 17.7 Å². The van der Waals surface area contributed by atoms with Crippen molar-refractivity contribution in [2.45, 2.75) is 18.9 Å². The van der Waals surface area contributed by atoms with Crippen LogP contribution >= 0.6 is 57.5 Å². The van der Waals surface area contributed by atoms with E-state index in [1.807, 2.05) is 0 Å². The van der Waals surface area contributed by atoms with Crippen LogP contribution < -0.4 is 5.32 Å². The first kappa shape index (κ1) is 30.2. The molecule has 5 aromatic heterocycles. The third-order valence-electron chi connectivity index (χ3n) is 5.27. The minimum Gasteiger partial charge on any atom is -0.353 e.